The second kappa shape index (κ2) is 9.25. The first-order valence-corrected chi connectivity index (χ1v) is 9.17. The van der Waals surface area contributed by atoms with Crippen molar-refractivity contribution in [3.05, 3.63) is 65.7 Å². The van der Waals surface area contributed by atoms with E-state index in [9.17, 15) is 4.79 Å². The number of rotatable bonds is 6. The van der Waals surface area contributed by atoms with Gasteiger partial charge in [-0.3, -0.25) is 0 Å². The van der Waals surface area contributed by atoms with Crippen molar-refractivity contribution >= 4 is 6.03 Å². The largest absolute Gasteiger partial charge is 0.494 e. The van der Waals surface area contributed by atoms with Gasteiger partial charge in [-0.2, -0.15) is 0 Å². The van der Waals surface area contributed by atoms with Gasteiger partial charge in [0.1, 0.15) is 11.9 Å². The highest BCUT2D eigenvalue weighted by Crippen LogP contribution is 2.21. The second-order valence-electron chi connectivity index (χ2n) is 6.28. The quantitative estimate of drug-likeness (QED) is 0.865. The van der Waals surface area contributed by atoms with Gasteiger partial charge in [0.2, 0.25) is 0 Å². The number of morpholine rings is 1. The zero-order chi connectivity index (χ0) is 18.2. The van der Waals surface area contributed by atoms with Gasteiger partial charge in [0, 0.05) is 13.1 Å². The highest BCUT2D eigenvalue weighted by atomic mass is 16.5. The molecular weight excluding hydrogens is 328 g/mol. The molecule has 2 amide bonds. The van der Waals surface area contributed by atoms with Gasteiger partial charge in [0.05, 0.1) is 19.8 Å². The first kappa shape index (κ1) is 18.3. The number of benzene rings is 2. The first-order valence-electron chi connectivity index (χ1n) is 9.17. The Kier molecular flexibility index (Phi) is 6.50. The van der Waals surface area contributed by atoms with E-state index in [0.29, 0.717) is 32.8 Å². The minimum atomic E-state index is -0.0569. The Morgan fingerprint density at radius 2 is 2.08 bits per heavy atom. The summed E-state index contributed by atoms with van der Waals surface area (Å²) in [5.41, 5.74) is 2.26. The fourth-order valence-electron chi connectivity index (χ4n) is 3.09. The zero-order valence-electron chi connectivity index (χ0n) is 15.2. The van der Waals surface area contributed by atoms with Gasteiger partial charge in [0.15, 0.2) is 0 Å². The summed E-state index contributed by atoms with van der Waals surface area (Å²) in [6, 6.07) is 18.0. The molecule has 0 spiro atoms. The first-order chi connectivity index (χ1) is 12.8. The summed E-state index contributed by atoms with van der Waals surface area (Å²) in [6.07, 6.45) is 0.720. The van der Waals surface area contributed by atoms with E-state index < -0.39 is 0 Å². The van der Waals surface area contributed by atoms with Gasteiger partial charge in [-0.15, -0.1) is 0 Å². The van der Waals surface area contributed by atoms with Gasteiger partial charge in [-0.25, -0.2) is 4.79 Å². The molecule has 138 valence electrons. The maximum atomic E-state index is 12.5. The molecule has 2 aromatic rings. The van der Waals surface area contributed by atoms with Gasteiger partial charge in [-0.1, -0.05) is 42.5 Å². The molecule has 5 heteroatoms. The highest BCUT2D eigenvalue weighted by molar-refractivity contribution is 5.74. The Labute approximate surface area is 154 Å². The number of ether oxygens (including phenoxy) is 2. The third-order valence-corrected chi connectivity index (χ3v) is 4.42. The standard InChI is InChI=1S/C21H26N2O3/c1-2-25-19-10-6-7-17(15-19)11-12-22-21(24)23-13-14-26-20(16-23)18-8-4-3-5-9-18/h3-10,15,20H,2,11-14,16H2,1H3,(H,22,24). The lowest BCUT2D eigenvalue weighted by atomic mass is 10.1. The van der Waals surface area contributed by atoms with Crippen LogP contribution in [-0.2, 0) is 11.2 Å². The number of hydrogen-bond acceptors (Lipinski definition) is 3. The summed E-state index contributed by atoms with van der Waals surface area (Å²) in [5.74, 6) is 0.871. The van der Waals surface area contributed by atoms with E-state index in [-0.39, 0.29) is 12.1 Å². The highest BCUT2D eigenvalue weighted by Gasteiger charge is 2.24. The Morgan fingerprint density at radius 1 is 1.23 bits per heavy atom. The van der Waals surface area contributed by atoms with Gasteiger partial charge in [0.25, 0.3) is 0 Å². The molecule has 1 aliphatic heterocycles. The van der Waals surface area contributed by atoms with Crippen LogP contribution in [0.5, 0.6) is 5.75 Å². The number of hydrogen-bond donors (Lipinski definition) is 1. The number of nitrogens with zero attached hydrogens (tertiary/aromatic N) is 1. The van der Waals surface area contributed by atoms with E-state index in [1.165, 1.54) is 0 Å². The SMILES string of the molecule is CCOc1cccc(CCNC(=O)N2CCOC(c3ccccc3)C2)c1. The molecule has 26 heavy (non-hydrogen) atoms. The topological polar surface area (TPSA) is 50.8 Å². The monoisotopic (exact) mass is 354 g/mol. The van der Waals surface area contributed by atoms with E-state index in [1.54, 1.807) is 0 Å². The van der Waals surface area contributed by atoms with Crippen LogP contribution in [0.25, 0.3) is 0 Å². The van der Waals surface area contributed by atoms with Gasteiger partial charge < -0.3 is 19.7 Å². The summed E-state index contributed by atoms with van der Waals surface area (Å²) in [4.78, 5) is 14.3. The minimum absolute atomic E-state index is 0.0322. The Morgan fingerprint density at radius 3 is 2.88 bits per heavy atom. The van der Waals surface area contributed by atoms with E-state index >= 15 is 0 Å². The van der Waals surface area contributed by atoms with Crippen molar-refractivity contribution in [2.24, 2.45) is 0 Å². The molecule has 1 unspecified atom stereocenters. The van der Waals surface area contributed by atoms with Gasteiger partial charge in [-0.05, 0) is 36.6 Å². The Hall–Kier alpha value is -2.53. The van der Waals surface area contributed by atoms with Crippen molar-refractivity contribution in [3.63, 3.8) is 0 Å². The third-order valence-electron chi connectivity index (χ3n) is 4.42. The van der Waals surface area contributed by atoms with Crippen molar-refractivity contribution in [1.29, 1.82) is 0 Å². The number of amides is 2. The lowest BCUT2D eigenvalue weighted by molar-refractivity contribution is -0.0153. The summed E-state index contributed by atoms with van der Waals surface area (Å²) in [6.45, 7) is 4.98. The second-order valence-corrected chi connectivity index (χ2v) is 6.28. The van der Waals surface area contributed by atoms with Crippen molar-refractivity contribution in [1.82, 2.24) is 10.2 Å². The lowest BCUT2D eigenvalue weighted by Gasteiger charge is -2.33. The zero-order valence-corrected chi connectivity index (χ0v) is 15.2. The maximum absolute atomic E-state index is 12.5. The molecule has 1 saturated heterocycles. The van der Waals surface area contributed by atoms with Crippen LogP contribution in [0.2, 0.25) is 0 Å². The van der Waals surface area contributed by atoms with E-state index in [1.807, 2.05) is 60.4 Å². The molecule has 0 aliphatic carbocycles. The van der Waals surface area contributed by atoms with E-state index in [4.69, 9.17) is 9.47 Å². The molecule has 2 aromatic carbocycles. The van der Waals surface area contributed by atoms with Crippen LogP contribution < -0.4 is 10.1 Å². The lowest BCUT2D eigenvalue weighted by Crippen LogP contribution is -2.47. The number of urea groups is 1. The van der Waals surface area contributed by atoms with Crippen LogP contribution in [0.1, 0.15) is 24.2 Å². The molecular formula is C21H26N2O3. The van der Waals surface area contributed by atoms with Crippen LogP contribution in [0.4, 0.5) is 4.79 Å². The third kappa shape index (κ3) is 4.99. The average Bonchev–Trinajstić information content (AvgIpc) is 2.69. The molecule has 1 aliphatic rings. The van der Waals surface area contributed by atoms with Crippen molar-refractivity contribution < 1.29 is 14.3 Å². The van der Waals surface area contributed by atoms with Crippen LogP contribution >= 0.6 is 0 Å². The van der Waals surface area contributed by atoms with Crippen molar-refractivity contribution in [2.45, 2.75) is 19.4 Å². The average molecular weight is 354 g/mol. The molecule has 0 bridgehead atoms. The Balaban J connectivity index is 1.48. The predicted octanol–water partition coefficient (Wildman–Crippen LogP) is 3.41. The molecule has 0 saturated carbocycles. The van der Waals surface area contributed by atoms with Crippen molar-refractivity contribution in [3.8, 4) is 5.75 Å². The number of carbonyl (C=O) groups excluding carboxylic acids is 1. The summed E-state index contributed by atoms with van der Waals surface area (Å²) in [5, 5.41) is 3.01. The number of carbonyl (C=O) groups is 1. The predicted molar refractivity (Wildman–Crippen MR) is 101 cm³/mol. The van der Waals surface area contributed by atoms with Crippen LogP contribution in [0.15, 0.2) is 54.6 Å². The molecule has 1 atom stereocenters. The summed E-state index contributed by atoms with van der Waals surface area (Å²) >= 11 is 0. The van der Waals surface area contributed by atoms with Crippen molar-refractivity contribution in [2.75, 3.05) is 32.8 Å². The molecule has 0 aromatic heterocycles. The molecule has 0 radical (unpaired) electrons. The number of nitrogens with one attached hydrogen (secondary N) is 1. The maximum Gasteiger partial charge on any atom is 0.317 e. The molecule has 1 fully saturated rings. The summed E-state index contributed by atoms with van der Waals surface area (Å²) in [7, 11) is 0. The molecule has 1 heterocycles. The van der Waals surface area contributed by atoms with E-state index in [2.05, 4.69) is 11.4 Å². The van der Waals surface area contributed by atoms with Crippen LogP contribution in [0, 0.1) is 0 Å². The normalized spacial score (nSPS) is 17.0. The molecule has 1 N–H and O–H groups in total. The fraction of sp³-hybridized carbons (Fsp3) is 0.381. The van der Waals surface area contributed by atoms with E-state index in [0.717, 1.165) is 23.3 Å². The fourth-order valence-corrected chi connectivity index (χ4v) is 3.09. The van der Waals surface area contributed by atoms with Crippen LogP contribution in [0.3, 0.4) is 0 Å². The summed E-state index contributed by atoms with van der Waals surface area (Å²) < 4.78 is 11.3. The van der Waals surface area contributed by atoms with Gasteiger partial charge >= 0.3 is 6.03 Å². The molecule has 5 nitrogen and oxygen atoms in total. The van der Waals surface area contributed by atoms with Crippen LogP contribution in [-0.4, -0.2) is 43.8 Å². The smallest absolute Gasteiger partial charge is 0.317 e. The minimum Gasteiger partial charge on any atom is -0.494 e. The molecule has 3 rings (SSSR count). The Bertz CT molecular complexity index is 705.